The summed E-state index contributed by atoms with van der Waals surface area (Å²) >= 11 is 0. The molecule has 2 fully saturated rings. The van der Waals surface area contributed by atoms with Crippen LogP contribution in [0.5, 0.6) is 0 Å². The molecule has 0 bridgehead atoms. The molecule has 0 atom stereocenters. The van der Waals surface area contributed by atoms with E-state index in [1.165, 1.54) is 58.3 Å². The molecule has 0 saturated carbocycles. The summed E-state index contributed by atoms with van der Waals surface area (Å²) in [7, 11) is 0. The Hall–Kier alpha value is -0.0800. The molecular formula is C21H48N2. The van der Waals surface area contributed by atoms with E-state index in [4.69, 9.17) is 0 Å². The first-order valence-electron chi connectivity index (χ1n) is 10.5. The van der Waals surface area contributed by atoms with Crippen molar-refractivity contribution < 1.29 is 0 Å². The molecule has 2 saturated heterocycles. The van der Waals surface area contributed by atoms with Gasteiger partial charge in [-0.05, 0) is 85.5 Å². The normalized spacial score (nSPS) is 20.0. The first-order chi connectivity index (χ1) is 11.0. The SMILES string of the molecule is CC.CC.CC(C)N1CCCCC1.CC1CCN(C(C)C)CC1. The van der Waals surface area contributed by atoms with Crippen molar-refractivity contribution in [3.05, 3.63) is 0 Å². The van der Waals surface area contributed by atoms with Crippen molar-refractivity contribution in [2.45, 2.75) is 107 Å². The van der Waals surface area contributed by atoms with Gasteiger partial charge in [0.15, 0.2) is 0 Å². The molecular weight excluding hydrogens is 280 g/mol. The van der Waals surface area contributed by atoms with Crippen molar-refractivity contribution in [1.29, 1.82) is 0 Å². The van der Waals surface area contributed by atoms with Crippen LogP contribution in [0.3, 0.4) is 0 Å². The molecule has 0 amide bonds. The fourth-order valence-corrected chi connectivity index (χ4v) is 2.98. The van der Waals surface area contributed by atoms with Crippen LogP contribution in [0, 0.1) is 5.92 Å². The summed E-state index contributed by atoms with van der Waals surface area (Å²) in [4.78, 5) is 5.13. The van der Waals surface area contributed by atoms with Crippen molar-refractivity contribution >= 4 is 0 Å². The first-order valence-corrected chi connectivity index (χ1v) is 10.5. The lowest BCUT2D eigenvalue weighted by Crippen LogP contribution is -2.37. The Kier molecular flexibility index (Phi) is 18.3. The van der Waals surface area contributed by atoms with Gasteiger partial charge in [-0.1, -0.05) is 41.0 Å². The van der Waals surface area contributed by atoms with E-state index in [1.54, 1.807) is 0 Å². The molecule has 0 aromatic rings. The lowest BCUT2D eigenvalue weighted by atomic mass is 9.98. The summed E-state index contributed by atoms with van der Waals surface area (Å²) in [6, 6.07) is 1.53. The molecule has 2 aliphatic rings. The highest BCUT2D eigenvalue weighted by atomic mass is 15.2. The Bertz CT molecular complexity index is 212. The molecule has 0 aromatic carbocycles. The average molecular weight is 329 g/mol. The summed E-state index contributed by atoms with van der Waals surface area (Å²) in [5.74, 6) is 0.968. The Balaban J connectivity index is 0. The minimum Gasteiger partial charge on any atom is -0.301 e. The van der Waals surface area contributed by atoms with Crippen molar-refractivity contribution in [2.75, 3.05) is 26.2 Å². The zero-order chi connectivity index (χ0) is 18.3. The van der Waals surface area contributed by atoms with Gasteiger partial charge >= 0.3 is 0 Å². The second-order valence-electron chi connectivity index (χ2n) is 7.00. The van der Waals surface area contributed by atoms with E-state index in [-0.39, 0.29) is 0 Å². The minimum atomic E-state index is 0.757. The van der Waals surface area contributed by atoms with Crippen LogP contribution in [0.25, 0.3) is 0 Å². The van der Waals surface area contributed by atoms with Gasteiger partial charge in [0.1, 0.15) is 0 Å². The van der Waals surface area contributed by atoms with E-state index in [0.717, 1.165) is 18.0 Å². The van der Waals surface area contributed by atoms with Crippen molar-refractivity contribution in [3.63, 3.8) is 0 Å². The zero-order valence-corrected chi connectivity index (χ0v) is 18.0. The van der Waals surface area contributed by atoms with Crippen LogP contribution in [0.4, 0.5) is 0 Å². The molecule has 0 aromatic heterocycles. The third-order valence-electron chi connectivity index (χ3n) is 4.67. The van der Waals surface area contributed by atoms with Crippen LogP contribution < -0.4 is 0 Å². The van der Waals surface area contributed by atoms with E-state index < -0.39 is 0 Å². The number of piperidine rings is 2. The summed E-state index contributed by atoms with van der Waals surface area (Å²) in [6.45, 7) is 24.8. The lowest BCUT2D eigenvalue weighted by Gasteiger charge is -2.33. The molecule has 0 aliphatic carbocycles. The first kappa shape index (κ1) is 25.2. The Morgan fingerprint density at radius 3 is 1.26 bits per heavy atom. The summed E-state index contributed by atoms with van der Waals surface area (Å²) in [5, 5.41) is 0. The van der Waals surface area contributed by atoms with Gasteiger partial charge in [-0.25, -0.2) is 0 Å². The number of hydrogen-bond donors (Lipinski definition) is 0. The second-order valence-corrected chi connectivity index (χ2v) is 7.00. The van der Waals surface area contributed by atoms with E-state index in [1.807, 2.05) is 27.7 Å². The minimum absolute atomic E-state index is 0.757. The van der Waals surface area contributed by atoms with Crippen LogP contribution in [-0.4, -0.2) is 48.1 Å². The molecule has 0 N–H and O–H groups in total. The molecule has 142 valence electrons. The monoisotopic (exact) mass is 328 g/mol. The molecule has 2 aliphatic heterocycles. The van der Waals surface area contributed by atoms with Gasteiger partial charge in [0.05, 0.1) is 0 Å². The van der Waals surface area contributed by atoms with Crippen molar-refractivity contribution in [2.24, 2.45) is 5.92 Å². The molecule has 2 nitrogen and oxygen atoms in total. The third kappa shape index (κ3) is 12.9. The maximum Gasteiger partial charge on any atom is 0.00385 e. The van der Waals surface area contributed by atoms with Crippen LogP contribution in [0.1, 0.15) is 94.4 Å². The fourth-order valence-electron chi connectivity index (χ4n) is 2.98. The van der Waals surface area contributed by atoms with Crippen molar-refractivity contribution in [1.82, 2.24) is 9.80 Å². The topological polar surface area (TPSA) is 6.48 Å². The number of nitrogens with zero attached hydrogens (tertiary/aromatic N) is 2. The van der Waals surface area contributed by atoms with E-state index in [9.17, 15) is 0 Å². The highest BCUT2D eigenvalue weighted by Crippen LogP contribution is 2.17. The van der Waals surface area contributed by atoms with Gasteiger partial charge in [0, 0.05) is 12.1 Å². The number of likely N-dealkylation sites (tertiary alicyclic amines) is 2. The van der Waals surface area contributed by atoms with Crippen molar-refractivity contribution in [3.8, 4) is 0 Å². The summed E-state index contributed by atoms with van der Waals surface area (Å²) in [5.41, 5.74) is 0. The predicted octanol–water partition coefficient (Wildman–Crippen LogP) is 6.06. The van der Waals surface area contributed by atoms with Gasteiger partial charge in [-0.3, -0.25) is 0 Å². The number of hydrogen-bond acceptors (Lipinski definition) is 2. The Morgan fingerprint density at radius 2 is 0.957 bits per heavy atom. The Morgan fingerprint density at radius 1 is 0.609 bits per heavy atom. The highest BCUT2D eigenvalue weighted by Gasteiger charge is 2.16. The average Bonchev–Trinajstić information content (AvgIpc) is 2.60. The molecule has 0 radical (unpaired) electrons. The predicted molar refractivity (Wildman–Crippen MR) is 108 cm³/mol. The van der Waals surface area contributed by atoms with E-state index >= 15 is 0 Å². The summed E-state index contributed by atoms with van der Waals surface area (Å²) < 4.78 is 0. The molecule has 23 heavy (non-hydrogen) atoms. The standard InChI is InChI=1S/C9H19N.C8H17N.2C2H6/c1-8(2)10-6-4-9(3)5-7-10;1-8(2)9-6-4-3-5-7-9;2*1-2/h8-9H,4-7H2,1-3H3;8H,3-7H2,1-2H3;2*1-2H3. The fraction of sp³-hybridized carbons (Fsp3) is 1.00. The molecule has 2 heteroatoms. The molecule has 2 rings (SSSR count). The van der Waals surface area contributed by atoms with Crippen LogP contribution in [-0.2, 0) is 0 Å². The largest absolute Gasteiger partial charge is 0.301 e. The Labute approximate surface area is 149 Å². The van der Waals surface area contributed by atoms with Crippen LogP contribution in [0.15, 0.2) is 0 Å². The van der Waals surface area contributed by atoms with Crippen LogP contribution >= 0.6 is 0 Å². The van der Waals surface area contributed by atoms with Gasteiger partial charge in [-0.15, -0.1) is 0 Å². The molecule has 2 heterocycles. The van der Waals surface area contributed by atoms with Gasteiger partial charge in [0.2, 0.25) is 0 Å². The summed E-state index contributed by atoms with van der Waals surface area (Å²) in [6.07, 6.45) is 7.08. The quantitative estimate of drug-likeness (QED) is 0.608. The van der Waals surface area contributed by atoms with E-state index in [2.05, 4.69) is 44.4 Å². The zero-order valence-electron chi connectivity index (χ0n) is 18.0. The molecule has 0 spiro atoms. The number of rotatable bonds is 2. The molecule has 0 unspecified atom stereocenters. The van der Waals surface area contributed by atoms with Gasteiger partial charge in [0.25, 0.3) is 0 Å². The maximum atomic E-state index is 2.57. The lowest BCUT2D eigenvalue weighted by molar-refractivity contribution is 0.156. The second kappa shape index (κ2) is 16.8. The van der Waals surface area contributed by atoms with Gasteiger partial charge in [-0.2, -0.15) is 0 Å². The maximum absolute atomic E-state index is 2.57. The smallest absolute Gasteiger partial charge is 0.00385 e. The van der Waals surface area contributed by atoms with E-state index in [0.29, 0.717) is 0 Å². The third-order valence-corrected chi connectivity index (χ3v) is 4.67. The highest BCUT2D eigenvalue weighted by molar-refractivity contribution is 4.71. The van der Waals surface area contributed by atoms with Gasteiger partial charge < -0.3 is 9.80 Å². The van der Waals surface area contributed by atoms with Crippen LogP contribution in [0.2, 0.25) is 0 Å².